The number of carbonyl (C=O) groups excluding carboxylic acids is 1. The highest BCUT2D eigenvalue weighted by molar-refractivity contribution is 9.10. The third-order valence-corrected chi connectivity index (χ3v) is 4.35. The van der Waals surface area contributed by atoms with E-state index in [0.717, 1.165) is 26.5 Å². The molecule has 100 valence electrons. The van der Waals surface area contributed by atoms with Gasteiger partial charge >= 0.3 is 0 Å². The standard InChI is InChI=1S/C15H10BrClN2O/c16-10-7-12-9(6-11(10)17)13(14(19-12)15(18)20)8-4-2-1-3-5-8/h1-7,19H,(H2,18,20). The third-order valence-electron chi connectivity index (χ3n) is 3.15. The Hall–Kier alpha value is -1.78. The van der Waals surface area contributed by atoms with Crippen LogP contribution in [0.1, 0.15) is 10.5 Å². The van der Waals surface area contributed by atoms with Gasteiger partial charge in [0.2, 0.25) is 0 Å². The van der Waals surface area contributed by atoms with E-state index in [1.807, 2.05) is 42.5 Å². The molecule has 0 saturated carbocycles. The molecule has 0 unspecified atom stereocenters. The molecule has 0 saturated heterocycles. The number of benzene rings is 2. The number of nitrogens with one attached hydrogen (secondary N) is 1. The molecule has 0 aliphatic carbocycles. The molecule has 3 aromatic rings. The van der Waals surface area contributed by atoms with Crippen molar-refractivity contribution < 1.29 is 4.79 Å². The molecule has 3 rings (SSSR count). The van der Waals surface area contributed by atoms with Gasteiger partial charge in [-0.3, -0.25) is 4.79 Å². The number of carbonyl (C=O) groups is 1. The zero-order valence-corrected chi connectivity index (χ0v) is 12.6. The van der Waals surface area contributed by atoms with Crippen LogP contribution in [0.3, 0.4) is 0 Å². The molecule has 0 spiro atoms. The molecule has 3 nitrogen and oxygen atoms in total. The van der Waals surface area contributed by atoms with Crippen LogP contribution < -0.4 is 5.73 Å². The van der Waals surface area contributed by atoms with Crippen LogP contribution in [-0.2, 0) is 0 Å². The van der Waals surface area contributed by atoms with Crippen molar-refractivity contribution in [1.82, 2.24) is 4.98 Å². The summed E-state index contributed by atoms with van der Waals surface area (Å²) < 4.78 is 0.767. The molecule has 0 aliphatic rings. The minimum absolute atomic E-state index is 0.389. The third kappa shape index (κ3) is 2.11. The number of hydrogen-bond acceptors (Lipinski definition) is 1. The summed E-state index contributed by atoms with van der Waals surface area (Å²) in [5.41, 5.74) is 8.38. The molecule has 1 aromatic heterocycles. The number of amides is 1. The highest BCUT2D eigenvalue weighted by Crippen LogP contribution is 2.36. The van der Waals surface area contributed by atoms with Crippen molar-refractivity contribution in [1.29, 1.82) is 0 Å². The Morgan fingerprint density at radius 3 is 2.55 bits per heavy atom. The van der Waals surface area contributed by atoms with Gasteiger partial charge < -0.3 is 10.7 Å². The van der Waals surface area contributed by atoms with E-state index in [2.05, 4.69) is 20.9 Å². The van der Waals surface area contributed by atoms with E-state index in [9.17, 15) is 4.79 Å². The highest BCUT2D eigenvalue weighted by atomic mass is 79.9. The van der Waals surface area contributed by atoms with Crippen LogP contribution in [0.5, 0.6) is 0 Å². The predicted molar refractivity (Wildman–Crippen MR) is 85.0 cm³/mol. The Labute approximate surface area is 128 Å². The minimum atomic E-state index is -0.493. The number of hydrogen-bond donors (Lipinski definition) is 2. The number of aromatic nitrogens is 1. The Bertz CT molecular complexity index is 812. The maximum atomic E-state index is 11.7. The van der Waals surface area contributed by atoms with Gasteiger partial charge in [0.05, 0.1) is 5.02 Å². The molecular formula is C15H10BrClN2O. The molecule has 0 fully saturated rings. The van der Waals surface area contributed by atoms with Gasteiger partial charge in [-0.15, -0.1) is 0 Å². The van der Waals surface area contributed by atoms with E-state index in [1.165, 1.54) is 0 Å². The molecule has 0 aliphatic heterocycles. The molecule has 3 N–H and O–H groups in total. The smallest absolute Gasteiger partial charge is 0.265 e. The first kappa shape index (κ1) is 13.2. The second-order valence-corrected chi connectivity index (χ2v) is 5.68. The van der Waals surface area contributed by atoms with E-state index >= 15 is 0 Å². The maximum absolute atomic E-state index is 11.7. The van der Waals surface area contributed by atoms with Crippen LogP contribution in [0.15, 0.2) is 46.9 Å². The molecule has 1 amide bonds. The van der Waals surface area contributed by atoms with E-state index in [1.54, 1.807) is 0 Å². The summed E-state index contributed by atoms with van der Waals surface area (Å²) >= 11 is 9.53. The van der Waals surface area contributed by atoms with Crippen molar-refractivity contribution in [2.75, 3.05) is 0 Å². The Kier molecular flexibility index (Phi) is 3.28. The molecule has 0 atom stereocenters. The Morgan fingerprint density at radius 1 is 1.20 bits per heavy atom. The van der Waals surface area contributed by atoms with Crippen LogP contribution in [0, 0.1) is 0 Å². The number of halogens is 2. The predicted octanol–water partition coefficient (Wildman–Crippen LogP) is 4.35. The van der Waals surface area contributed by atoms with Gasteiger partial charge in [0.15, 0.2) is 0 Å². The summed E-state index contributed by atoms with van der Waals surface area (Å²) in [6.07, 6.45) is 0. The fraction of sp³-hybridized carbons (Fsp3) is 0. The minimum Gasteiger partial charge on any atom is -0.364 e. The van der Waals surface area contributed by atoms with Crippen molar-refractivity contribution in [2.45, 2.75) is 0 Å². The van der Waals surface area contributed by atoms with Gasteiger partial charge in [-0.25, -0.2) is 0 Å². The maximum Gasteiger partial charge on any atom is 0.265 e. The average Bonchev–Trinajstić information content (AvgIpc) is 2.79. The number of H-pyrrole nitrogens is 1. The molecule has 2 aromatic carbocycles. The monoisotopic (exact) mass is 348 g/mol. The summed E-state index contributed by atoms with van der Waals surface area (Å²) in [6.45, 7) is 0. The zero-order chi connectivity index (χ0) is 14.3. The zero-order valence-electron chi connectivity index (χ0n) is 10.3. The number of primary amides is 1. The van der Waals surface area contributed by atoms with Gasteiger partial charge in [0, 0.05) is 20.9 Å². The van der Waals surface area contributed by atoms with Crippen molar-refractivity contribution >= 4 is 44.3 Å². The molecule has 0 bridgehead atoms. The first-order valence-corrected chi connectivity index (χ1v) is 7.11. The van der Waals surface area contributed by atoms with Gasteiger partial charge in [-0.05, 0) is 33.6 Å². The normalized spacial score (nSPS) is 10.9. The second-order valence-electron chi connectivity index (χ2n) is 4.42. The lowest BCUT2D eigenvalue weighted by atomic mass is 10.0. The highest BCUT2D eigenvalue weighted by Gasteiger charge is 2.18. The van der Waals surface area contributed by atoms with Crippen LogP contribution in [0.2, 0.25) is 5.02 Å². The van der Waals surface area contributed by atoms with E-state index < -0.39 is 5.91 Å². The Balaban J connectivity index is 2.41. The first-order chi connectivity index (χ1) is 9.58. The number of rotatable bonds is 2. The lowest BCUT2D eigenvalue weighted by Crippen LogP contribution is -2.12. The summed E-state index contributed by atoms with van der Waals surface area (Å²) in [6, 6.07) is 13.3. The fourth-order valence-corrected chi connectivity index (χ4v) is 2.79. The Morgan fingerprint density at radius 2 is 1.90 bits per heavy atom. The van der Waals surface area contributed by atoms with Gasteiger partial charge in [0.25, 0.3) is 5.91 Å². The molecule has 20 heavy (non-hydrogen) atoms. The average molecular weight is 350 g/mol. The van der Waals surface area contributed by atoms with Gasteiger partial charge in [-0.2, -0.15) is 0 Å². The lowest BCUT2D eigenvalue weighted by Gasteiger charge is -2.03. The van der Waals surface area contributed by atoms with Crippen LogP contribution in [0.25, 0.3) is 22.0 Å². The van der Waals surface area contributed by atoms with Crippen molar-refractivity contribution in [3.05, 3.63) is 57.7 Å². The van der Waals surface area contributed by atoms with Gasteiger partial charge in [0.1, 0.15) is 5.69 Å². The van der Waals surface area contributed by atoms with Crippen molar-refractivity contribution in [3.8, 4) is 11.1 Å². The summed E-state index contributed by atoms with van der Waals surface area (Å²) in [5, 5.41) is 1.46. The summed E-state index contributed by atoms with van der Waals surface area (Å²) in [7, 11) is 0. The van der Waals surface area contributed by atoms with Crippen LogP contribution in [0.4, 0.5) is 0 Å². The van der Waals surface area contributed by atoms with E-state index in [4.69, 9.17) is 17.3 Å². The summed E-state index contributed by atoms with van der Waals surface area (Å²) in [5.74, 6) is -0.493. The quantitative estimate of drug-likeness (QED) is 0.710. The lowest BCUT2D eigenvalue weighted by molar-refractivity contribution is 0.0997. The van der Waals surface area contributed by atoms with Gasteiger partial charge in [-0.1, -0.05) is 41.9 Å². The molecule has 0 radical (unpaired) electrons. The second kappa shape index (κ2) is 4.96. The van der Waals surface area contributed by atoms with Crippen LogP contribution in [-0.4, -0.2) is 10.9 Å². The molecule has 5 heteroatoms. The van der Waals surface area contributed by atoms with E-state index in [0.29, 0.717) is 10.7 Å². The summed E-state index contributed by atoms with van der Waals surface area (Å²) in [4.78, 5) is 14.7. The van der Waals surface area contributed by atoms with Crippen molar-refractivity contribution in [3.63, 3.8) is 0 Å². The van der Waals surface area contributed by atoms with E-state index in [-0.39, 0.29) is 0 Å². The largest absolute Gasteiger partial charge is 0.364 e. The molecular weight excluding hydrogens is 340 g/mol. The topological polar surface area (TPSA) is 58.9 Å². The first-order valence-electron chi connectivity index (χ1n) is 5.94. The SMILES string of the molecule is NC(=O)c1[nH]c2cc(Br)c(Cl)cc2c1-c1ccccc1. The van der Waals surface area contributed by atoms with Crippen molar-refractivity contribution in [2.24, 2.45) is 5.73 Å². The fourth-order valence-electron chi connectivity index (χ4n) is 2.28. The number of aromatic amines is 1. The number of fused-ring (bicyclic) bond motifs is 1. The molecule has 1 heterocycles. The number of nitrogens with two attached hydrogens (primary N) is 1. The van der Waals surface area contributed by atoms with Crippen LogP contribution >= 0.6 is 27.5 Å².